The van der Waals surface area contributed by atoms with Crippen LogP contribution in [0, 0.1) is 5.92 Å². The highest BCUT2D eigenvalue weighted by Crippen LogP contribution is 2.34. The standard InChI is InChI=1S/C16H16N2O3/c19-14(20)8-10-18(16(21)12-6-7-12)13-5-1-3-11-4-2-9-17-15(11)13/h1-5,9,12H,6-8,10H2,(H,19,20). The van der Waals surface area contributed by atoms with E-state index in [1.165, 1.54) is 0 Å². The lowest BCUT2D eigenvalue weighted by Gasteiger charge is -2.23. The number of carbonyl (C=O) groups is 2. The van der Waals surface area contributed by atoms with Crippen molar-refractivity contribution in [1.82, 2.24) is 4.98 Å². The van der Waals surface area contributed by atoms with Crippen molar-refractivity contribution in [1.29, 1.82) is 0 Å². The fourth-order valence-electron chi connectivity index (χ4n) is 2.41. The van der Waals surface area contributed by atoms with E-state index in [1.54, 1.807) is 11.1 Å². The van der Waals surface area contributed by atoms with Gasteiger partial charge in [0.05, 0.1) is 17.6 Å². The minimum atomic E-state index is -0.906. The van der Waals surface area contributed by atoms with Crippen LogP contribution in [0.3, 0.4) is 0 Å². The van der Waals surface area contributed by atoms with Crippen molar-refractivity contribution < 1.29 is 14.7 Å². The number of rotatable bonds is 5. The van der Waals surface area contributed by atoms with Gasteiger partial charge in [-0.25, -0.2) is 0 Å². The maximum Gasteiger partial charge on any atom is 0.305 e. The van der Waals surface area contributed by atoms with E-state index in [-0.39, 0.29) is 24.8 Å². The van der Waals surface area contributed by atoms with E-state index in [1.807, 2.05) is 30.3 Å². The fourth-order valence-corrected chi connectivity index (χ4v) is 2.41. The molecule has 1 fully saturated rings. The van der Waals surface area contributed by atoms with E-state index in [0.29, 0.717) is 5.69 Å². The van der Waals surface area contributed by atoms with Crippen LogP contribution in [-0.4, -0.2) is 28.5 Å². The van der Waals surface area contributed by atoms with Crippen molar-refractivity contribution in [2.75, 3.05) is 11.4 Å². The van der Waals surface area contributed by atoms with Gasteiger partial charge in [0.15, 0.2) is 0 Å². The Morgan fingerprint density at radius 3 is 2.71 bits per heavy atom. The lowest BCUT2D eigenvalue weighted by Crippen LogP contribution is -2.34. The molecule has 1 aliphatic rings. The first-order valence-corrected chi connectivity index (χ1v) is 7.04. The van der Waals surface area contributed by atoms with Gasteiger partial charge >= 0.3 is 5.97 Å². The Labute approximate surface area is 122 Å². The fraction of sp³-hybridized carbons (Fsp3) is 0.312. The van der Waals surface area contributed by atoms with Crippen LogP contribution >= 0.6 is 0 Å². The zero-order valence-corrected chi connectivity index (χ0v) is 11.5. The van der Waals surface area contributed by atoms with E-state index in [0.717, 1.165) is 23.7 Å². The molecule has 0 aliphatic heterocycles. The van der Waals surface area contributed by atoms with Gasteiger partial charge in [0.2, 0.25) is 5.91 Å². The number of benzene rings is 1. The largest absolute Gasteiger partial charge is 0.481 e. The number of amides is 1. The number of carbonyl (C=O) groups excluding carboxylic acids is 1. The van der Waals surface area contributed by atoms with E-state index < -0.39 is 5.97 Å². The van der Waals surface area contributed by atoms with Crippen LogP contribution in [0.5, 0.6) is 0 Å². The molecule has 0 spiro atoms. The van der Waals surface area contributed by atoms with E-state index in [2.05, 4.69) is 4.98 Å². The molecule has 108 valence electrons. The second-order valence-corrected chi connectivity index (χ2v) is 5.26. The van der Waals surface area contributed by atoms with Crippen LogP contribution in [0.25, 0.3) is 10.9 Å². The third-order valence-corrected chi connectivity index (χ3v) is 3.64. The number of anilines is 1. The minimum absolute atomic E-state index is 0.00871. The second-order valence-electron chi connectivity index (χ2n) is 5.26. The molecular weight excluding hydrogens is 268 g/mol. The molecule has 5 heteroatoms. The van der Waals surface area contributed by atoms with Gasteiger partial charge in [-0.1, -0.05) is 18.2 Å². The summed E-state index contributed by atoms with van der Waals surface area (Å²) >= 11 is 0. The smallest absolute Gasteiger partial charge is 0.305 e. The van der Waals surface area contributed by atoms with Crippen molar-refractivity contribution in [2.45, 2.75) is 19.3 Å². The first-order valence-electron chi connectivity index (χ1n) is 7.04. The normalized spacial score (nSPS) is 14.1. The number of hydrogen-bond acceptors (Lipinski definition) is 3. The molecule has 1 aromatic heterocycles. The molecule has 1 aliphatic carbocycles. The zero-order valence-electron chi connectivity index (χ0n) is 11.5. The van der Waals surface area contributed by atoms with Crippen LogP contribution in [0.1, 0.15) is 19.3 Å². The Kier molecular flexibility index (Phi) is 3.56. The molecule has 1 aromatic carbocycles. The van der Waals surface area contributed by atoms with E-state index >= 15 is 0 Å². The molecule has 5 nitrogen and oxygen atoms in total. The van der Waals surface area contributed by atoms with Crippen molar-refractivity contribution in [3.05, 3.63) is 36.5 Å². The molecule has 0 radical (unpaired) electrons. The SMILES string of the molecule is O=C(O)CCN(C(=O)C1CC1)c1cccc2cccnc12. The van der Waals surface area contributed by atoms with E-state index in [4.69, 9.17) is 5.11 Å². The number of aliphatic carboxylic acids is 1. The highest BCUT2D eigenvalue weighted by molar-refractivity contribution is 6.03. The minimum Gasteiger partial charge on any atom is -0.481 e. The second kappa shape index (κ2) is 5.52. The molecular formula is C16H16N2O3. The number of carboxylic acids is 1. The quantitative estimate of drug-likeness (QED) is 0.915. The van der Waals surface area contributed by atoms with Crippen molar-refractivity contribution in [3.63, 3.8) is 0 Å². The van der Waals surface area contributed by atoms with Gasteiger partial charge in [-0.3, -0.25) is 14.6 Å². The van der Waals surface area contributed by atoms with Gasteiger partial charge in [-0.15, -0.1) is 0 Å². The first kappa shape index (κ1) is 13.5. The predicted molar refractivity (Wildman–Crippen MR) is 79.1 cm³/mol. The average molecular weight is 284 g/mol. The summed E-state index contributed by atoms with van der Waals surface area (Å²) in [5.74, 6) is -0.857. The van der Waals surface area contributed by atoms with E-state index in [9.17, 15) is 9.59 Å². The predicted octanol–water partition coefficient (Wildman–Crippen LogP) is 2.45. The summed E-state index contributed by atoms with van der Waals surface area (Å²) in [6, 6.07) is 9.41. The molecule has 1 heterocycles. The Bertz CT molecular complexity index is 689. The Balaban J connectivity index is 2.00. The van der Waals surface area contributed by atoms with Crippen molar-refractivity contribution in [3.8, 4) is 0 Å². The Hall–Kier alpha value is -2.43. The van der Waals surface area contributed by atoms with Crippen LogP contribution in [0.4, 0.5) is 5.69 Å². The summed E-state index contributed by atoms with van der Waals surface area (Å²) < 4.78 is 0. The van der Waals surface area contributed by atoms with Crippen LogP contribution in [0.2, 0.25) is 0 Å². The third kappa shape index (κ3) is 2.86. The van der Waals surface area contributed by atoms with Crippen molar-refractivity contribution in [2.24, 2.45) is 5.92 Å². The third-order valence-electron chi connectivity index (χ3n) is 3.64. The summed E-state index contributed by atoms with van der Waals surface area (Å²) in [5.41, 5.74) is 1.44. The Morgan fingerprint density at radius 1 is 1.24 bits per heavy atom. The van der Waals surface area contributed by atoms with Crippen LogP contribution < -0.4 is 4.90 Å². The number of aromatic nitrogens is 1. The molecule has 1 saturated carbocycles. The molecule has 0 unspecified atom stereocenters. The summed E-state index contributed by atoms with van der Waals surface area (Å²) in [6.45, 7) is 0.181. The van der Waals surface area contributed by atoms with Gasteiger partial charge in [0.1, 0.15) is 0 Å². The van der Waals surface area contributed by atoms with Gasteiger partial charge < -0.3 is 10.0 Å². The first-order chi connectivity index (χ1) is 10.2. The van der Waals surface area contributed by atoms with Gasteiger partial charge in [0, 0.05) is 24.0 Å². The van der Waals surface area contributed by atoms with Gasteiger partial charge in [-0.05, 0) is 25.0 Å². The molecule has 1 amide bonds. The maximum absolute atomic E-state index is 12.5. The highest BCUT2D eigenvalue weighted by atomic mass is 16.4. The van der Waals surface area contributed by atoms with Crippen LogP contribution in [0.15, 0.2) is 36.5 Å². The molecule has 0 saturated heterocycles. The molecule has 21 heavy (non-hydrogen) atoms. The summed E-state index contributed by atoms with van der Waals surface area (Å²) in [5, 5.41) is 9.85. The van der Waals surface area contributed by atoms with Gasteiger partial charge in [0.25, 0.3) is 0 Å². The number of fused-ring (bicyclic) bond motifs is 1. The lowest BCUT2D eigenvalue weighted by atomic mass is 10.1. The average Bonchev–Trinajstić information content (AvgIpc) is 3.31. The topological polar surface area (TPSA) is 70.5 Å². The molecule has 2 aromatic rings. The highest BCUT2D eigenvalue weighted by Gasteiger charge is 2.34. The zero-order chi connectivity index (χ0) is 14.8. The van der Waals surface area contributed by atoms with Crippen LogP contribution in [-0.2, 0) is 9.59 Å². The lowest BCUT2D eigenvalue weighted by molar-refractivity contribution is -0.136. The number of para-hydroxylation sites is 1. The van der Waals surface area contributed by atoms with Crippen molar-refractivity contribution >= 4 is 28.5 Å². The number of nitrogens with zero attached hydrogens (tertiary/aromatic N) is 2. The maximum atomic E-state index is 12.5. The summed E-state index contributed by atoms with van der Waals surface area (Å²) in [7, 11) is 0. The summed E-state index contributed by atoms with van der Waals surface area (Å²) in [4.78, 5) is 29.3. The monoisotopic (exact) mass is 284 g/mol. The molecule has 3 rings (SSSR count). The number of hydrogen-bond donors (Lipinski definition) is 1. The number of pyridine rings is 1. The van der Waals surface area contributed by atoms with Gasteiger partial charge in [-0.2, -0.15) is 0 Å². The number of carboxylic acid groups (broad SMARTS) is 1. The Morgan fingerprint density at radius 2 is 2.00 bits per heavy atom. The molecule has 0 bridgehead atoms. The molecule has 0 atom stereocenters. The molecule has 1 N–H and O–H groups in total. The summed E-state index contributed by atoms with van der Waals surface area (Å²) in [6.07, 6.45) is 3.39.